The number of aromatic nitrogens is 2. The lowest BCUT2D eigenvalue weighted by atomic mass is 10.1. The van der Waals surface area contributed by atoms with Gasteiger partial charge in [-0.25, -0.2) is 4.98 Å². The maximum absolute atomic E-state index is 5.53. The molecule has 0 bridgehead atoms. The van der Waals surface area contributed by atoms with E-state index in [9.17, 15) is 0 Å². The highest BCUT2D eigenvalue weighted by molar-refractivity contribution is 5.80. The molecule has 2 aromatic carbocycles. The molecule has 2 heterocycles. The first-order chi connectivity index (χ1) is 15.7. The molecule has 1 aromatic heterocycles. The predicted octanol–water partition coefficient (Wildman–Crippen LogP) is 3.15. The Hall–Kier alpha value is -3.48. The quantitative estimate of drug-likeness (QED) is 0.479. The van der Waals surface area contributed by atoms with E-state index < -0.39 is 0 Å². The third-order valence-electron chi connectivity index (χ3n) is 5.94. The molecule has 0 saturated carbocycles. The van der Waals surface area contributed by atoms with Gasteiger partial charge in [-0.3, -0.25) is 4.99 Å². The number of aryl methyl sites for hydroxylation is 1. The Bertz CT molecular complexity index is 1050. The molecule has 1 N–H and O–H groups in total. The molecule has 0 amide bonds. The van der Waals surface area contributed by atoms with Crippen LogP contribution in [0.1, 0.15) is 17.0 Å². The maximum atomic E-state index is 5.53. The van der Waals surface area contributed by atoms with Crippen LogP contribution in [0.5, 0.6) is 5.75 Å². The van der Waals surface area contributed by atoms with E-state index in [4.69, 9.17) is 4.74 Å². The predicted molar refractivity (Wildman–Crippen MR) is 129 cm³/mol. The zero-order valence-electron chi connectivity index (χ0n) is 19.2. The molecule has 4 rings (SSSR count). The highest BCUT2D eigenvalue weighted by Crippen LogP contribution is 2.28. The van der Waals surface area contributed by atoms with Crippen molar-refractivity contribution in [1.29, 1.82) is 0 Å². The second-order valence-corrected chi connectivity index (χ2v) is 7.97. The molecule has 0 radical (unpaired) electrons. The van der Waals surface area contributed by atoms with E-state index in [0.29, 0.717) is 0 Å². The third-order valence-corrected chi connectivity index (χ3v) is 5.94. The largest absolute Gasteiger partial charge is 0.495 e. The Morgan fingerprint density at radius 3 is 2.56 bits per heavy atom. The molecular weight excluding hydrogens is 400 g/mol. The summed E-state index contributed by atoms with van der Waals surface area (Å²) in [7, 11) is 3.58. The number of guanidine groups is 1. The van der Waals surface area contributed by atoms with Crippen LogP contribution in [-0.4, -0.2) is 60.7 Å². The molecule has 0 spiro atoms. The van der Waals surface area contributed by atoms with Crippen molar-refractivity contribution in [3.63, 3.8) is 0 Å². The van der Waals surface area contributed by atoms with Gasteiger partial charge in [0.15, 0.2) is 5.96 Å². The topological polar surface area (TPSA) is 57.9 Å². The monoisotopic (exact) mass is 432 g/mol. The molecule has 7 nitrogen and oxygen atoms in total. The van der Waals surface area contributed by atoms with Gasteiger partial charge in [-0.15, -0.1) is 0 Å². The number of anilines is 1. The van der Waals surface area contributed by atoms with Crippen molar-refractivity contribution in [3.05, 3.63) is 77.9 Å². The summed E-state index contributed by atoms with van der Waals surface area (Å²) in [6.45, 7) is 7.30. The number of nitrogens with one attached hydrogen (secondary N) is 1. The molecule has 1 aliphatic rings. The van der Waals surface area contributed by atoms with Crippen molar-refractivity contribution in [2.45, 2.75) is 20.0 Å². The van der Waals surface area contributed by atoms with Gasteiger partial charge in [0.25, 0.3) is 0 Å². The van der Waals surface area contributed by atoms with Crippen LogP contribution in [0.4, 0.5) is 5.69 Å². The SMILES string of the molecule is CN=C(NCc1cccc(Cn2ccnc2C)c1)N1CCN(c2ccccc2OC)CC1. The van der Waals surface area contributed by atoms with Crippen molar-refractivity contribution in [3.8, 4) is 5.75 Å². The second-order valence-electron chi connectivity index (χ2n) is 7.97. The molecule has 1 fully saturated rings. The van der Waals surface area contributed by atoms with Crippen LogP contribution in [0, 0.1) is 6.92 Å². The van der Waals surface area contributed by atoms with Crippen LogP contribution in [0.3, 0.4) is 0 Å². The number of aliphatic imine (C=N–C) groups is 1. The Morgan fingerprint density at radius 1 is 1.06 bits per heavy atom. The smallest absolute Gasteiger partial charge is 0.194 e. The van der Waals surface area contributed by atoms with Crippen LogP contribution >= 0.6 is 0 Å². The van der Waals surface area contributed by atoms with Gasteiger partial charge in [0.05, 0.1) is 12.8 Å². The van der Waals surface area contributed by atoms with Gasteiger partial charge < -0.3 is 24.4 Å². The number of nitrogens with zero attached hydrogens (tertiary/aromatic N) is 5. The molecular formula is C25H32N6O. The lowest BCUT2D eigenvalue weighted by Gasteiger charge is -2.38. The van der Waals surface area contributed by atoms with Crippen LogP contribution in [-0.2, 0) is 13.1 Å². The summed E-state index contributed by atoms with van der Waals surface area (Å²) < 4.78 is 7.69. The molecule has 1 saturated heterocycles. The molecule has 7 heteroatoms. The van der Waals surface area contributed by atoms with Crippen molar-refractivity contribution >= 4 is 11.6 Å². The van der Waals surface area contributed by atoms with E-state index in [2.05, 4.69) is 66.1 Å². The number of piperazine rings is 1. The third kappa shape index (κ3) is 5.04. The molecule has 0 aliphatic carbocycles. The number of hydrogen-bond acceptors (Lipinski definition) is 4. The molecule has 3 aromatic rings. The summed E-state index contributed by atoms with van der Waals surface area (Å²) in [6.07, 6.45) is 3.87. The molecule has 1 aliphatic heterocycles. The lowest BCUT2D eigenvalue weighted by Crippen LogP contribution is -2.52. The first-order valence-corrected chi connectivity index (χ1v) is 11.1. The van der Waals surface area contributed by atoms with Crippen LogP contribution in [0.2, 0.25) is 0 Å². The van der Waals surface area contributed by atoms with Crippen molar-refractivity contribution in [2.24, 2.45) is 4.99 Å². The summed E-state index contributed by atoms with van der Waals surface area (Å²) in [5.41, 5.74) is 3.67. The standard InChI is InChI=1S/C25H32N6O/c1-20-27-11-12-31(20)19-22-8-6-7-21(17-22)18-28-25(26-2)30-15-13-29(14-16-30)23-9-4-5-10-24(23)32-3/h4-12,17H,13-16,18-19H2,1-3H3,(H,26,28). The molecule has 0 atom stereocenters. The van der Waals surface area contributed by atoms with Crippen LogP contribution in [0.25, 0.3) is 0 Å². The van der Waals surface area contributed by atoms with Gasteiger partial charge in [-0.1, -0.05) is 36.4 Å². The Balaban J connectivity index is 1.33. The minimum absolute atomic E-state index is 0.746. The van der Waals surface area contributed by atoms with Crippen molar-refractivity contribution in [2.75, 3.05) is 45.2 Å². The van der Waals surface area contributed by atoms with Crippen LogP contribution in [0.15, 0.2) is 65.9 Å². The molecule has 168 valence electrons. The van der Waals surface area contributed by atoms with Gasteiger partial charge in [-0.2, -0.15) is 0 Å². The Morgan fingerprint density at radius 2 is 1.84 bits per heavy atom. The first kappa shape index (κ1) is 21.7. The highest BCUT2D eigenvalue weighted by atomic mass is 16.5. The normalized spacial score (nSPS) is 14.5. The van der Waals surface area contributed by atoms with E-state index in [1.54, 1.807) is 7.11 Å². The van der Waals surface area contributed by atoms with E-state index in [1.165, 1.54) is 11.1 Å². The fourth-order valence-corrected chi connectivity index (χ4v) is 4.17. The number of benzene rings is 2. The second kappa shape index (κ2) is 10.2. The number of methoxy groups -OCH3 is 1. The first-order valence-electron chi connectivity index (χ1n) is 11.1. The van der Waals surface area contributed by atoms with Gasteiger partial charge in [-0.05, 0) is 30.2 Å². The van der Waals surface area contributed by atoms with Crippen LogP contribution < -0.4 is 15.0 Å². The zero-order valence-corrected chi connectivity index (χ0v) is 19.2. The minimum Gasteiger partial charge on any atom is -0.495 e. The van der Waals surface area contributed by atoms with Gasteiger partial charge in [0.2, 0.25) is 0 Å². The zero-order chi connectivity index (χ0) is 22.3. The van der Waals surface area contributed by atoms with Gasteiger partial charge in [0.1, 0.15) is 11.6 Å². The number of hydrogen-bond donors (Lipinski definition) is 1. The number of ether oxygens (including phenoxy) is 1. The Labute approximate surface area is 190 Å². The maximum Gasteiger partial charge on any atom is 0.194 e. The van der Waals surface area contributed by atoms with E-state index in [-0.39, 0.29) is 0 Å². The average molecular weight is 433 g/mol. The van der Waals surface area contributed by atoms with E-state index in [1.807, 2.05) is 38.5 Å². The molecule has 32 heavy (non-hydrogen) atoms. The van der Waals surface area contributed by atoms with E-state index >= 15 is 0 Å². The highest BCUT2D eigenvalue weighted by Gasteiger charge is 2.21. The number of rotatable bonds is 6. The number of para-hydroxylation sites is 2. The summed E-state index contributed by atoms with van der Waals surface area (Å²) >= 11 is 0. The summed E-state index contributed by atoms with van der Waals surface area (Å²) in [5.74, 6) is 2.90. The van der Waals surface area contributed by atoms with E-state index in [0.717, 1.165) is 62.5 Å². The summed E-state index contributed by atoms with van der Waals surface area (Å²) in [5, 5.41) is 3.54. The van der Waals surface area contributed by atoms with Crippen molar-refractivity contribution in [1.82, 2.24) is 19.8 Å². The van der Waals surface area contributed by atoms with Gasteiger partial charge >= 0.3 is 0 Å². The average Bonchev–Trinajstić information content (AvgIpc) is 3.24. The van der Waals surface area contributed by atoms with Gasteiger partial charge in [0, 0.05) is 58.7 Å². The Kier molecular flexibility index (Phi) is 6.94. The fourth-order valence-electron chi connectivity index (χ4n) is 4.17. The number of imidazole rings is 1. The lowest BCUT2D eigenvalue weighted by molar-refractivity contribution is 0.367. The molecule has 0 unspecified atom stereocenters. The minimum atomic E-state index is 0.746. The fraction of sp³-hybridized carbons (Fsp3) is 0.360. The van der Waals surface area contributed by atoms with Crippen molar-refractivity contribution < 1.29 is 4.74 Å². The summed E-state index contributed by atoms with van der Waals surface area (Å²) in [6, 6.07) is 16.9. The summed E-state index contributed by atoms with van der Waals surface area (Å²) in [4.78, 5) is 13.5.